The number of ether oxygens (including phenoxy) is 3. The van der Waals surface area contributed by atoms with Crippen molar-refractivity contribution in [1.29, 1.82) is 0 Å². The molecule has 0 aliphatic carbocycles. The van der Waals surface area contributed by atoms with E-state index in [0.717, 1.165) is 49.3 Å². The van der Waals surface area contributed by atoms with Crippen LogP contribution in [0.5, 0.6) is 5.75 Å². The highest BCUT2D eigenvalue weighted by molar-refractivity contribution is 5.54. The summed E-state index contributed by atoms with van der Waals surface area (Å²) in [6.07, 6.45) is 3.93. The molecule has 4 atom stereocenters. The number of hydrogen-bond donors (Lipinski definition) is 1. The fourth-order valence-corrected chi connectivity index (χ4v) is 7.30. The van der Waals surface area contributed by atoms with Gasteiger partial charge in [0.15, 0.2) is 0 Å². The Morgan fingerprint density at radius 3 is 2.21 bits per heavy atom. The molecular formula is C42H45F2N9O4. The van der Waals surface area contributed by atoms with E-state index in [4.69, 9.17) is 14.2 Å². The van der Waals surface area contributed by atoms with Crippen LogP contribution in [0.4, 0.5) is 20.2 Å². The molecule has 2 saturated heterocycles. The zero-order valence-corrected chi connectivity index (χ0v) is 31.8. The van der Waals surface area contributed by atoms with Gasteiger partial charge in [0.05, 0.1) is 18.3 Å². The molecular weight excluding hydrogens is 733 g/mol. The van der Waals surface area contributed by atoms with Gasteiger partial charge in [-0.05, 0) is 80.1 Å². The standard InChI is InChI=1S/C42H45F2N9O4/c1-30(46-23-32-6-4-3-5-7-32)31(2)53-41(54)52(29-48-53)36-11-9-34(10-12-36)49-18-20-50(21-19-49)35-13-15-37(16-14-35)55-24-38-25-56-42(57-38,26-51-28-45-27-47-51)39-17-8-33(43)22-40(39)44/h3-17,22,27-31,38,46H,18-21,23-26H2,1-2H3. The van der Waals surface area contributed by atoms with Crippen LogP contribution in [-0.2, 0) is 28.4 Å². The summed E-state index contributed by atoms with van der Waals surface area (Å²) in [6, 6.07) is 29.4. The summed E-state index contributed by atoms with van der Waals surface area (Å²) in [7, 11) is 0. The predicted octanol–water partition coefficient (Wildman–Crippen LogP) is 5.32. The Morgan fingerprint density at radius 1 is 0.860 bits per heavy atom. The lowest BCUT2D eigenvalue weighted by Gasteiger charge is -2.37. The first kappa shape index (κ1) is 38.0. The smallest absolute Gasteiger partial charge is 0.350 e. The molecule has 0 spiro atoms. The third-order valence-electron chi connectivity index (χ3n) is 10.7. The quantitative estimate of drug-likeness (QED) is 0.156. The lowest BCUT2D eigenvalue weighted by atomic mass is 10.0. The molecule has 15 heteroatoms. The van der Waals surface area contributed by atoms with Gasteiger partial charge < -0.3 is 29.3 Å². The van der Waals surface area contributed by atoms with Gasteiger partial charge in [-0.1, -0.05) is 30.3 Å². The van der Waals surface area contributed by atoms with Crippen molar-refractivity contribution < 1.29 is 23.0 Å². The van der Waals surface area contributed by atoms with Crippen molar-refractivity contribution in [3.63, 3.8) is 0 Å². The number of piperazine rings is 1. The minimum atomic E-state index is -1.52. The zero-order valence-electron chi connectivity index (χ0n) is 31.8. The van der Waals surface area contributed by atoms with Crippen LogP contribution in [-0.4, -0.2) is 80.7 Å². The molecule has 57 heavy (non-hydrogen) atoms. The summed E-state index contributed by atoms with van der Waals surface area (Å²) >= 11 is 0. The van der Waals surface area contributed by atoms with Crippen LogP contribution in [0.2, 0.25) is 0 Å². The number of nitrogens with zero attached hydrogens (tertiary/aromatic N) is 8. The average Bonchev–Trinajstić information content (AvgIpc) is 4.01. The number of anilines is 2. The van der Waals surface area contributed by atoms with Crippen molar-refractivity contribution in [1.82, 2.24) is 34.4 Å². The highest BCUT2D eigenvalue weighted by Gasteiger charge is 2.46. The lowest BCUT2D eigenvalue weighted by molar-refractivity contribution is -0.192. The number of rotatable bonds is 14. The molecule has 4 aromatic carbocycles. The first-order chi connectivity index (χ1) is 27.7. The Labute approximate surface area is 329 Å². The third kappa shape index (κ3) is 8.45. The van der Waals surface area contributed by atoms with E-state index in [1.165, 1.54) is 35.0 Å². The maximum absolute atomic E-state index is 14.9. The summed E-state index contributed by atoms with van der Waals surface area (Å²) in [5, 5.41) is 12.1. The molecule has 6 aromatic rings. The summed E-state index contributed by atoms with van der Waals surface area (Å²) < 4.78 is 51.6. The van der Waals surface area contributed by atoms with Gasteiger partial charge in [0.2, 0.25) is 5.79 Å². The number of aromatic nitrogens is 6. The van der Waals surface area contributed by atoms with Crippen LogP contribution in [0.15, 0.2) is 121 Å². The highest BCUT2D eigenvalue weighted by Crippen LogP contribution is 2.38. The molecule has 1 N–H and O–H groups in total. The van der Waals surface area contributed by atoms with Gasteiger partial charge >= 0.3 is 5.69 Å². The fraction of sp³-hybridized carbons (Fsp3) is 0.333. The van der Waals surface area contributed by atoms with Crippen LogP contribution in [0.3, 0.4) is 0 Å². The number of hydrogen-bond acceptors (Lipinski definition) is 10. The van der Waals surface area contributed by atoms with Crippen LogP contribution >= 0.6 is 0 Å². The molecule has 4 unspecified atom stereocenters. The van der Waals surface area contributed by atoms with E-state index < -0.39 is 23.5 Å². The molecule has 0 bridgehead atoms. The van der Waals surface area contributed by atoms with E-state index in [1.54, 1.807) is 15.6 Å². The van der Waals surface area contributed by atoms with Crippen molar-refractivity contribution in [2.24, 2.45) is 0 Å². The van der Waals surface area contributed by atoms with E-state index >= 15 is 0 Å². The second-order valence-corrected chi connectivity index (χ2v) is 14.4. The van der Waals surface area contributed by atoms with Gasteiger partial charge in [0.25, 0.3) is 0 Å². The van der Waals surface area contributed by atoms with Gasteiger partial charge in [-0.15, -0.1) is 0 Å². The fourth-order valence-electron chi connectivity index (χ4n) is 7.30. The molecule has 2 fully saturated rings. The summed E-state index contributed by atoms with van der Waals surface area (Å²) in [5.74, 6) is -2.32. The Kier molecular flexibility index (Phi) is 11.1. The molecule has 2 aliphatic heterocycles. The van der Waals surface area contributed by atoms with Gasteiger partial charge in [-0.2, -0.15) is 10.2 Å². The molecule has 4 heterocycles. The van der Waals surface area contributed by atoms with Crippen LogP contribution in [0.1, 0.15) is 31.0 Å². The van der Waals surface area contributed by atoms with Gasteiger partial charge in [-0.25, -0.2) is 32.5 Å². The average molecular weight is 778 g/mol. The minimum Gasteiger partial charge on any atom is -0.491 e. The number of halogens is 2. The molecule has 2 aliphatic rings. The van der Waals surface area contributed by atoms with E-state index in [1.807, 2.05) is 61.5 Å². The van der Waals surface area contributed by atoms with E-state index in [-0.39, 0.29) is 43.1 Å². The largest absolute Gasteiger partial charge is 0.491 e. The number of nitrogens with one attached hydrogen (secondary N) is 1. The first-order valence-electron chi connectivity index (χ1n) is 19.1. The van der Waals surface area contributed by atoms with Crippen molar-refractivity contribution in [3.8, 4) is 11.4 Å². The van der Waals surface area contributed by atoms with E-state index in [2.05, 4.69) is 61.5 Å². The first-order valence-corrected chi connectivity index (χ1v) is 19.1. The SMILES string of the molecule is CC(NCc1ccccc1)C(C)n1ncn(-c2ccc(N3CCN(c4ccc(OCC5COC(Cn6cncn6)(c6ccc(F)cc6F)O5)cc4)CC3)cc2)c1=O. The highest BCUT2D eigenvalue weighted by atomic mass is 19.1. The van der Waals surface area contributed by atoms with Crippen molar-refractivity contribution in [2.45, 2.75) is 50.9 Å². The second kappa shape index (κ2) is 16.7. The van der Waals surface area contributed by atoms with E-state index in [0.29, 0.717) is 12.3 Å². The topological polar surface area (TPSA) is 117 Å². The predicted molar refractivity (Wildman–Crippen MR) is 211 cm³/mol. The Morgan fingerprint density at radius 2 is 1.54 bits per heavy atom. The van der Waals surface area contributed by atoms with Crippen molar-refractivity contribution >= 4 is 11.4 Å². The Bertz CT molecular complexity index is 2280. The van der Waals surface area contributed by atoms with Gasteiger partial charge in [0, 0.05) is 61.8 Å². The lowest BCUT2D eigenvalue weighted by Crippen LogP contribution is -2.46. The Balaban J connectivity index is 0.822. The molecule has 0 saturated carbocycles. The molecule has 296 valence electrons. The Hall–Kier alpha value is -5.90. The van der Waals surface area contributed by atoms with Crippen LogP contribution < -0.4 is 25.5 Å². The summed E-state index contributed by atoms with van der Waals surface area (Å²) in [5.41, 5.74) is 4.05. The summed E-state index contributed by atoms with van der Waals surface area (Å²) in [4.78, 5) is 22.0. The molecule has 8 rings (SSSR count). The summed E-state index contributed by atoms with van der Waals surface area (Å²) in [6.45, 7) is 8.48. The maximum Gasteiger partial charge on any atom is 0.350 e. The molecule has 13 nitrogen and oxygen atoms in total. The van der Waals surface area contributed by atoms with Crippen molar-refractivity contribution in [2.75, 3.05) is 49.2 Å². The van der Waals surface area contributed by atoms with Crippen LogP contribution in [0, 0.1) is 11.6 Å². The van der Waals surface area contributed by atoms with Gasteiger partial charge in [-0.3, -0.25) is 0 Å². The molecule has 2 aromatic heterocycles. The minimum absolute atomic E-state index is 0.0284. The molecule has 0 radical (unpaired) electrons. The maximum atomic E-state index is 14.9. The third-order valence-corrected chi connectivity index (χ3v) is 10.7. The monoisotopic (exact) mass is 777 g/mol. The van der Waals surface area contributed by atoms with E-state index in [9.17, 15) is 13.6 Å². The normalized spacial score (nSPS) is 19.5. The zero-order chi connectivity index (χ0) is 39.4. The second-order valence-electron chi connectivity index (χ2n) is 14.4. The van der Waals surface area contributed by atoms with Gasteiger partial charge in [0.1, 0.15) is 55.6 Å². The van der Waals surface area contributed by atoms with Crippen LogP contribution in [0.25, 0.3) is 5.69 Å². The van der Waals surface area contributed by atoms with Crippen molar-refractivity contribution in [3.05, 3.63) is 149 Å². The number of benzene rings is 4. The molecule has 0 amide bonds.